The van der Waals surface area contributed by atoms with E-state index in [4.69, 9.17) is 4.74 Å². The highest BCUT2D eigenvalue weighted by molar-refractivity contribution is 5.81. The normalized spacial score (nSPS) is 12.8. The van der Waals surface area contributed by atoms with Gasteiger partial charge >= 0.3 is 5.97 Å². The molecule has 0 amide bonds. The fourth-order valence-corrected chi connectivity index (χ4v) is 3.89. The number of phenols is 1. The fourth-order valence-electron chi connectivity index (χ4n) is 3.89. The molecule has 0 aromatic heterocycles. The maximum absolute atomic E-state index is 11.7. The molecule has 0 aliphatic heterocycles. The minimum absolute atomic E-state index is 0.0531. The van der Waals surface area contributed by atoms with Crippen LogP contribution in [-0.2, 0) is 16.1 Å². The Bertz CT molecular complexity index is 819. The lowest BCUT2D eigenvalue weighted by Gasteiger charge is -2.32. The first kappa shape index (κ1) is 23.7. The molecule has 0 radical (unpaired) electrons. The summed E-state index contributed by atoms with van der Waals surface area (Å²) in [5, 5.41) is 10.7. The van der Waals surface area contributed by atoms with Gasteiger partial charge in [0.05, 0.1) is 0 Å². The Morgan fingerprint density at radius 2 is 1.73 bits per heavy atom. The summed E-state index contributed by atoms with van der Waals surface area (Å²) in [6, 6.07) is 16.7. The summed E-state index contributed by atoms with van der Waals surface area (Å²) in [5.74, 6) is -0.0401. The number of carbonyl (C=O) groups excluding carboxylic acids is 1. The molecule has 1 N–H and O–H groups in total. The summed E-state index contributed by atoms with van der Waals surface area (Å²) in [6.07, 6.45) is 3.95. The molecule has 0 saturated heterocycles. The van der Waals surface area contributed by atoms with Crippen LogP contribution in [0.1, 0.15) is 63.6 Å². The molecule has 0 unspecified atom stereocenters. The van der Waals surface area contributed by atoms with Crippen LogP contribution in [0.3, 0.4) is 0 Å². The molecule has 0 bridgehead atoms. The average Bonchev–Trinajstić information content (AvgIpc) is 2.71. The van der Waals surface area contributed by atoms with Crippen LogP contribution in [0, 0.1) is 0 Å². The van der Waals surface area contributed by atoms with E-state index in [9.17, 15) is 9.90 Å². The zero-order valence-electron chi connectivity index (χ0n) is 18.8. The van der Waals surface area contributed by atoms with Crippen molar-refractivity contribution in [3.63, 3.8) is 0 Å². The highest BCUT2D eigenvalue weighted by Crippen LogP contribution is 2.35. The zero-order valence-corrected chi connectivity index (χ0v) is 18.8. The number of nitrogens with zero attached hydrogens (tertiary/aromatic N) is 1. The van der Waals surface area contributed by atoms with E-state index >= 15 is 0 Å². The van der Waals surface area contributed by atoms with Gasteiger partial charge in [-0.15, -0.1) is 0 Å². The van der Waals surface area contributed by atoms with E-state index in [-0.39, 0.29) is 24.2 Å². The smallest absolute Gasteiger partial charge is 0.330 e. The van der Waals surface area contributed by atoms with Crippen molar-refractivity contribution in [1.29, 1.82) is 0 Å². The van der Waals surface area contributed by atoms with E-state index in [2.05, 4.69) is 44.7 Å². The molecule has 30 heavy (non-hydrogen) atoms. The Hall–Kier alpha value is -2.59. The van der Waals surface area contributed by atoms with Crippen LogP contribution in [0.25, 0.3) is 0 Å². The van der Waals surface area contributed by atoms with E-state index in [1.165, 1.54) is 11.6 Å². The molecule has 162 valence electrons. The number of allylic oxidation sites excluding steroid dienone is 1. The minimum atomic E-state index is -0.365. The van der Waals surface area contributed by atoms with Gasteiger partial charge in [-0.3, -0.25) is 4.90 Å². The van der Waals surface area contributed by atoms with Crippen molar-refractivity contribution in [2.75, 3.05) is 6.54 Å². The lowest BCUT2D eigenvalue weighted by Crippen LogP contribution is -2.38. The van der Waals surface area contributed by atoms with Gasteiger partial charge in [-0.1, -0.05) is 42.5 Å². The van der Waals surface area contributed by atoms with Crippen molar-refractivity contribution < 1.29 is 14.6 Å². The fraction of sp³-hybridized carbons (Fsp3) is 0.423. The number of esters is 1. The number of carbonyl (C=O) groups is 1. The summed E-state index contributed by atoms with van der Waals surface area (Å²) < 4.78 is 5.29. The third-order valence-electron chi connectivity index (χ3n) is 5.36. The molecule has 2 aromatic carbocycles. The average molecular weight is 410 g/mol. The highest BCUT2D eigenvalue weighted by Gasteiger charge is 2.21. The predicted octanol–water partition coefficient (Wildman–Crippen LogP) is 5.65. The van der Waals surface area contributed by atoms with Crippen LogP contribution in [0.15, 0.2) is 60.7 Å². The maximum Gasteiger partial charge on any atom is 0.330 e. The molecular formula is C26H35NO3. The molecule has 0 spiro atoms. The monoisotopic (exact) mass is 409 g/mol. The molecule has 0 aliphatic carbocycles. The van der Waals surface area contributed by atoms with Crippen molar-refractivity contribution in [3.05, 3.63) is 77.4 Å². The Labute approximate surface area is 181 Å². The SMILES string of the molecule is C/C=C/C(=O)OCc1ccc(O)c([C@H](CCN(C(C)C)C(C)C)c2ccccc2)c1. The molecule has 1 atom stereocenters. The van der Waals surface area contributed by atoms with E-state index in [0.717, 1.165) is 24.1 Å². The molecule has 0 aliphatic rings. The summed E-state index contributed by atoms with van der Waals surface area (Å²) in [7, 11) is 0. The molecule has 0 saturated carbocycles. The number of rotatable bonds is 10. The Balaban J connectivity index is 2.31. The molecule has 0 heterocycles. The minimum Gasteiger partial charge on any atom is -0.508 e. The number of hydrogen-bond donors (Lipinski definition) is 1. The van der Waals surface area contributed by atoms with Gasteiger partial charge in [0, 0.05) is 29.6 Å². The van der Waals surface area contributed by atoms with Crippen LogP contribution < -0.4 is 0 Å². The van der Waals surface area contributed by atoms with Gasteiger partial charge < -0.3 is 9.84 Å². The van der Waals surface area contributed by atoms with E-state index in [0.29, 0.717) is 12.1 Å². The first-order chi connectivity index (χ1) is 14.3. The number of benzene rings is 2. The number of aromatic hydroxyl groups is 1. The van der Waals surface area contributed by atoms with Crippen molar-refractivity contribution in [2.45, 2.75) is 65.6 Å². The van der Waals surface area contributed by atoms with Gasteiger partial charge in [-0.25, -0.2) is 4.79 Å². The first-order valence-corrected chi connectivity index (χ1v) is 10.7. The molecule has 0 fully saturated rings. The largest absolute Gasteiger partial charge is 0.508 e. The molecule has 4 heteroatoms. The van der Waals surface area contributed by atoms with Crippen LogP contribution in [0.4, 0.5) is 0 Å². The Kier molecular flexibility index (Phi) is 9.13. The predicted molar refractivity (Wildman–Crippen MR) is 123 cm³/mol. The number of hydrogen-bond acceptors (Lipinski definition) is 4. The van der Waals surface area contributed by atoms with Gasteiger partial charge in [0.15, 0.2) is 0 Å². The van der Waals surface area contributed by atoms with Crippen molar-refractivity contribution in [1.82, 2.24) is 4.90 Å². The Morgan fingerprint density at radius 3 is 2.33 bits per heavy atom. The van der Waals surface area contributed by atoms with Gasteiger partial charge in [-0.05, 0) is 70.8 Å². The van der Waals surface area contributed by atoms with Crippen LogP contribution in [-0.4, -0.2) is 34.6 Å². The molecule has 2 aromatic rings. The van der Waals surface area contributed by atoms with E-state index in [1.807, 2.05) is 24.3 Å². The second kappa shape index (κ2) is 11.6. The van der Waals surface area contributed by atoms with Crippen LogP contribution in [0.2, 0.25) is 0 Å². The second-order valence-corrected chi connectivity index (χ2v) is 8.18. The third kappa shape index (κ3) is 6.74. The quantitative estimate of drug-likeness (QED) is 0.407. The zero-order chi connectivity index (χ0) is 22.1. The summed E-state index contributed by atoms with van der Waals surface area (Å²) >= 11 is 0. The number of ether oxygens (including phenoxy) is 1. The van der Waals surface area contributed by atoms with E-state index < -0.39 is 0 Å². The van der Waals surface area contributed by atoms with Crippen LogP contribution in [0.5, 0.6) is 5.75 Å². The van der Waals surface area contributed by atoms with Gasteiger partial charge in [0.25, 0.3) is 0 Å². The molecule has 4 nitrogen and oxygen atoms in total. The summed E-state index contributed by atoms with van der Waals surface area (Å²) in [6.45, 7) is 11.8. The second-order valence-electron chi connectivity index (χ2n) is 8.18. The summed E-state index contributed by atoms with van der Waals surface area (Å²) in [4.78, 5) is 14.1. The molecule has 2 rings (SSSR count). The van der Waals surface area contributed by atoms with Crippen molar-refractivity contribution in [2.24, 2.45) is 0 Å². The van der Waals surface area contributed by atoms with Gasteiger partial charge in [-0.2, -0.15) is 0 Å². The van der Waals surface area contributed by atoms with Crippen molar-refractivity contribution in [3.8, 4) is 5.75 Å². The van der Waals surface area contributed by atoms with Crippen LogP contribution >= 0.6 is 0 Å². The van der Waals surface area contributed by atoms with E-state index in [1.54, 1.807) is 25.1 Å². The Morgan fingerprint density at radius 1 is 1.07 bits per heavy atom. The molecular weight excluding hydrogens is 374 g/mol. The lowest BCUT2D eigenvalue weighted by molar-refractivity contribution is -0.139. The van der Waals surface area contributed by atoms with Gasteiger partial charge in [0.2, 0.25) is 0 Å². The first-order valence-electron chi connectivity index (χ1n) is 10.7. The van der Waals surface area contributed by atoms with Gasteiger partial charge in [0.1, 0.15) is 12.4 Å². The third-order valence-corrected chi connectivity index (χ3v) is 5.36. The number of phenolic OH excluding ortho intramolecular Hbond substituents is 1. The highest BCUT2D eigenvalue weighted by atomic mass is 16.5. The maximum atomic E-state index is 11.7. The lowest BCUT2D eigenvalue weighted by atomic mass is 9.86. The standard InChI is InChI=1S/C26H35NO3/c1-6-10-26(29)30-18-21-13-14-25(28)24(17-21)23(22-11-8-7-9-12-22)15-16-27(19(2)3)20(4)5/h6-14,17,19-20,23,28H,15-16,18H2,1-5H3/b10-6+/t23-/m1/s1. The van der Waals surface area contributed by atoms with Crippen molar-refractivity contribution >= 4 is 5.97 Å². The summed E-state index contributed by atoms with van der Waals surface area (Å²) in [5.41, 5.74) is 2.91. The topological polar surface area (TPSA) is 49.8 Å².